The molecule has 1 atom stereocenters. The first kappa shape index (κ1) is 18.6. The Hall–Kier alpha value is -2.80. The molecule has 2 aromatic carbocycles. The molecule has 1 fully saturated rings. The number of likely N-dealkylation sites (tertiary alicyclic amines) is 1. The lowest BCUT2D eigenvalue weighted by molar-refractivity contribution is -0.131. The molecule has 0 radical (unpaired) electrons. The molecular weight excluding hydrogens is 377 g/mol. The van der Waals surface area contributed by atoms with E-state index in [1.165, 1.54) is 18.2 Å². The van der Waals surface area contributed by atoms with Crippen molar-refractivity contribution in [1.82, 2.24) is 15.2 Å². The normalized spacial score (nSPS) is 16.9. The van der Waals surface area contributed by atoms with Crippen molar-refractivity contribution in [3.05, 3.63) is 64.9 Å². The van der Waals surface area contributed by atoms with Gasteiger partial charge in [0.05, 0.1) is 21.8 Å². The second-order valence-corrected chi connectivity index (χ2v) is 7.95. The zero-order chi connectivity index (χ0) is 19.5. The molecule has 1 N–H and O–H groups in total. The average Bonchev–Trinajstić information content (AvgIpc) is 3.16. The zero-order valence-electron chi connectivity index (χ0n) is 15.2. The number of hydrogen-bond acceptors (Lipinski definition) is 4. The molecule has 0 unspecified atom stereocenters. The third-order valence-electron chi connectivity index (χ3n) is 4.92. The Bertz CT molecular complexity index is 987. The zero-order valence-corrected chi connectivity index (χ0v) is 16.0. The summed E-state index contributed by atoms with van der Waals surface area (Å²) in [6, 6.07) is 13.5. The molecule has 0 bridgehead atoms. The van der Waals surface area contributed by atoms with Gasteiger partial charge >= 0.3 is 0 Å². The number of halogens is 1. The highest BCUT2D eigenvalue weighted by atomic mass is 32.1. The molecule has 5 nitrogen and oxygen atoms in total. The summed E-state index contributed by atoms with van der Waals surface area (Å²) < 4.78 is 14.4. The first-order valence-electron chi connectivity index (χ1n) is 9.27. The van der Waals surface area contributed by atoms with Gasteiger partial charge in [-0.3, -0.25) is 9.59 Å². The summed E-state index contributed by atoms with van der Waals surface area (Å²) in [5.74, 6) is -0.842. The van der Waals surface area contributed by atoms with Crippen molar-refractivity contribution >= 4 is 33.4 Å². The van der Waals surface area contributed by atoms with Crippen LogP contribution in [0.1, 0.15) is 34.1 Å². The lowest BCUT2D eigenvalue weighted by Gasteiger charge is -2.32. The van der Waals surface area contributed by atoms with Crippen LogP contribution >= 0.6 is 11.3 Å². The van der Waals surface area contributed by atoms with Crippen LogP contribution in [0.15, 0.2) is 48.5 Å². The quantitative estimate of drug-likeness (QED) is 0.732. The Labute approximate surface area is 166 Å². The number of nitrogens with one attached hydrogen (secondary N) is 1. The van der Waals surface area contributed by atoms with Crippen molar-refractivity contribution in [2.75, 3.05) is 19.6 Å². The minimum atomic E-state index is -0.478. The van der Waals surface area contributed by atoms with E-state index in [1.807, 2.05) is 18.2 Å². The summed E-state index contributed by atoms with van der Waals surface area (Å²) >= 11 is 1.68. The molecule has 1 saturated heterocycles. The molecular formula is C21H20FN3O2S. The van der Waals surface area contributed by atoms with Crippen molar-refractivity contribution in [2.24, 2.45) is 0 Å². The largest absolute Gasteiger partial charge is 0.343 e. The van der Waals surface area contributed by atoms with Crippen molar-refractivity contribution in [2.45, 2.75) is 18.8 Å². The first-order valence-corrected chi connectivity index (χ1v) is 10.1. The van der Waals surface area contributed by atoms with Crippen LogP contribution in [0.3, 0.4) is 0 Å². The van der Waals surface area contributed by atoms with Gasteiger partial charge in [-0.2, -0.15) is 0 Å². The molecule has 2 heterocycles. The van der Waals surface area contributed by atoms with E-state index in [2.05, 4.69) is 11.4 Å². The maximum absolute atomic E-state index is 13.2. The number of para-hydroxylation sites is 1. The maximum Gasteiger partial charge on any atom is 0.251 e. The maximum atomic E-state index is 13.2. The molecule has 0 spiro atoms. The first-order chi connectivity index (χ1) is 13.6. The van der Waals surface area contributed by atoms with Gasteiger partial charge in [0.15, 0.2) is 0 Å². The minimum absolute atomic E-state index is 0.0953. The van der Waals surface area contributed by atoms with E-state index in [0.29, 0.717) is 13.1 Å². The molecule has 28 heavy (non-hydrogen) atoms. The van der Waals surface area contributed by atoms with Crippen LogP contribution in [0.4, 0.5) is 4.39 Å². The van der Waals surface area contributed by atoms with Crippen LogP contribution in [-0.4, -0.2) is 41.3 Å². The van der Waals surface area contributed by atoms with Crippen molar-refractivity contribution in [1.29, 1.82) is 0 Å². The average molecular weight is 397 g/mol. The number of hydrogen-bond donors (Lipinski definition) is 1. The van der Waals surface area contributed by atoms with E-state index in [-0.39, 0.29) is 23.9 Å². The predicted molar refractivity (Wildman–Crippen MR) is 107 cm³/mol. The number of fused-ring (bicyclic) bond motifs is 1. The molecule has 1 aliphatic heterocycles. The molecule has 7 heteroatoms. The van der Waals surface area contributed by atoms with E-state index in [9.17, 15) is 14.0 Å². The molecule has 1 aliphatic rings. The third kappa shape index (κ3) is 4.04. The SMILES string of the molecule is O=C(NCC(=O)N1CCC[C@@H](c2nc3ccccc3s2)C1)c1cccc(F)c1. The summed E-state index contributed by atoms with van der Waals surface area (Å²) in [7, 11) is 0. The summed E-state index contributed by atoms with van der Waals surface area (Å²) in [6.45, 7) is 1.19. The van der Waals surface area contributed by atoms with Crippen LogP contribution in [0.25, 0.3) is 10.2 Å². The van der Waals surface area contributed by atoms with E-state index in [0.717, 1.165) is 34.1 Å². The van der Waals surface area contributed by atoms with Crippen molar-refractivity contribution < 1.29 is 14.0 Å². The van der Waals surface area contributed by atoms with Gasteiger partial charge in [0.2, 0.25) is 5.91 Å². The predicted octanol–water partition coefficient (Wildman–Crippen LogP) is 3.57. The lowest BCUT2D eigenvalue weighted by atomic mass is 9.98. The number of thiazole rings is 1. The Kier molecular flexibility index (Phi) is 5.34. The highest BCUT2D eigenvalue weighted by Crippen LogP contribution is 2.32. The van der Waals surface area contributed by atoms with Gasteiger partial charge in [0, 0.05) is 24.6 Å². The van der Waals surface area contributed by atoms with Gasteiger partial charge in [0.25, 0.3) is 5.91 Å². The smallest absolute Gasteiger partial charge is 0.251 e. The van der Waals surface area contributed by atoms with Crippen LogP contribution in [0, 0.1) is 5.82 Å². The van der Waals surface area contributed by atoms with Crippen LogP contribution in [-0.2, 0) is 4.79 Å². The molecule has 1 aromatic heterocycles. The number of aromatic nitrogens is 1. The summed E-state index contributed by atoms with van der Waals surface area (Å²) in [6.07, 6.45) is 1.91. The van der Waals surface area contributed by atoms with Crippen LogP contribution in [0.5, 0.6) is 0 Å². The van der Waals surface area contributed by atoms with Gasteiger partial charge in [0.1, 0.15) is 5.82 Å². The second-order valence-electron chi connectivity index (χ2n) is 6.89. The number of rotatable bonds is 4. The molecule has 0 aliphatic carbocycles. The summed E-state index contributed by atoms with van der Waals surface area (Å²) in [5.41, 5.74) is 1.20. The summed E-state index contributed by atoms with van der Waals surface area (Å²) in [5, 5.41) is 3.65. The van der Waals surface area contributed by atoms with Gasteiger partial charge in [-0.1, -0.05) is 18.2 Å². The van der Waals surface area contributed by atoms with Gasteiger partial charge in [-0.15, -0.1) is 11.3 Å². The number of nitrogens with zero attached hydrogens (tertiary/aromatic N) is 2. The highest BCUT2D eigenvalue weighted by molar-refractivity contribution is 7.18. The monoisotopic (exact) mass is 397 g/mol. The van der Waals surface area contributed by atoms with E-state index >= 15 is 0 Å². The fourth-order valence-electron chi connectivity index (χ4n) is 3.47. The second kappa shape index (κ2) is 8.06. The Morgan fingerprint density at radius 2 is 2.07 bits per heavy atom. The number of carbonyl (C=O) groups is 2. The molecule has 3 aromatic rings. The Balaban J connectivity index is 1.37. The number of benzene rings is 2. The van der Waals surface area contributed by atoms with E-state index in [1.54, 1.807) is 16.2 Å². The number of amides is 2. The molecule has 0 saturated carbocycles. The van der Waals surface area contributed by atoms with E-state index in [4.69, 9.17) is 4.98 Å². The standard InChI is InChI=1S/C21H20FN3O2S/c22-16-7-3-5-14(11-16)20(27)23-12-19(26)25-10-4-6-15(13-25)21-24-17-8-1-2-9-18(17)28-21/h1-3,5,7-9,11,15H,4,6,10,12-13H2,(H,23,27)/t15-/m1/s1. The number of carbonyl (C=O) groups excluding carboxylic acids is 2. The van der Waals surface area contributed by atoms with Gasteiger partial charge in [-0.25, -0.2) is 9.37 Å². The van der Waals surface area contributed by atoms with Gasteiger partial charge in [-0.05, 0) is 43.2 Å². The topological polar surface area (TPSA) is 62.3 Å². The molecule has 2 amide bonds. The third-order valence-corrected chi connectivity index (χ3v) is 6.12. The van der Waals surface area contributed by atoms with Crippen molar-refractivity contribution in [3.8, 4) is 0 Å². The molecule has 144 valence electrons. The van der Waals surface area contributed by atoms with Crippen molar-refractivity contribution in [3.63, 3.8) is 0 Å². The minimum Gasteiger partial charge on any atom is -0.343 e. The fourth-order valence-corrected chi connectivity index (χ4v) is 4.56. The summed E-state index contributed by atoms with van der Waals surface area (Å²) in [4.78, 5) is 31.2. The highest BCUT2D eigenvalue weighted by Gasteiger charge is 2.27. The fraction of sp³-hybridized carbons (Fsp3) is 0.286. The van der Waals surface area contributed by atoms with Gasteiger partial charge < -0.3 is 10.2 Å². The lowest BCUT2D eigenvalue weighted by Crippen LogP contribution is -2.44. The Morgan fingerprint density at radius 3 is 2.89 bits per heavy atom. The Morgan fingerprint density at radius 1 is 1.21 bits per heavy atom. The van der Waals surface area contributed by atoms with Crippen LogP contribution in [0.2, 0.25) is 0 Å². The van der Waals surface area contributed by atoms with E-state index < -0.39 is 11.7 Å². The number of piperidine rings is 1. The van der Waals surface area contributed by atoms with Crippen LogP contribution < -0.4 is 5.32 Å². The molecule has 4 rings (SSSR count).